The summed E-state index contributed by atoms with van der Waals surface area (Å²) >= 11 is 0. The molecule has 1 aliphatic heterocycles. The number of aromatic hydroxyl groups is 1. The number of amides is 1. The summed E-state index contributed by atoms with van der Waals surface area (Å²) in [6, 6.07) is 4.54. The first kappa shape index (κ1) is 26.7. The Morgan fingerprint density at radius 3 is 2.70 bits per heavy atom. The Labute approximate surface area is 212 Å². The zero-order valence-corrected chi connectivity index (χ0v) is 19.9. The first-order valence-electron chi connectivity index (χ1n) is 11.9. The van der Waals surface area contributed by atoms with E-state index in [1.54, 1.807) is 6.07 Å². The molecular formula is C23H31N7O7. The number of phenols is 1. The molecule has 8 N–H and O–H groups in total. The molecule has 3 heterocycles. The maximum Gasteiger partial charge on any atom is 0.211 e. The predicted octanol–water partition coefficient (Wildman–Crippen LogP) is -0.773. The molecular weight excluding hydrogens is 486 g/mol. The van der Waals surface area contributed by atoms with E-state index in [1.807, 2.05) is 0 Å². The molecule has 37 heavy (non-hydrogen) atoms. The van der Waals surface area contributed by atoms with E-state index in [0.717, 1.165) is 12.8 Å². The lowest BCUT2D eigenvalue weighted by molar-refractivity contribution is -0.105. The molecule has 2 aromatic heterocycles. The van der Waals surface area contributed by atoms with Gasteiger partial charge in [-0.3, -0.25) is 9.36 Å². The zero-order chi connectivity index (χ0) is 26.4. The topological polar surface area (TPSA) is 207 Å². The van der Waals surface area contributed by atoms with Gasteiger partial charge in [0.15, 0.2) is 23.2 Å². The van der Waals surface area contributed by atoms with Gasteiger partial charge in [-0.2, -0.15) is 0 Å². The highest BCUT2D eigenvalue weighted by molar-refractivity contribution is 5.82. The van der Waals surface area contributed by atoms with E-state index < -0.39 is 37.3 Å². The van der Waals surface area contributed by atoms with Crippen LogP contribution in [0.4, 0.5) is 11.5 Å². The number of unbranched alkanes of at least 4 members (excludes halogenated alkanes) is 1. The zero-order valence-electron chi connectivity index (χ0n) is 19.9. The van der Waals surface area contributed by atoms with Crippen molar-refractivity contribution in [2.75, 3.05) is 36.9 Å². The van der Waals surface area contributed by atoms with Crippen molar-refractivity contribution in [2.45, 2.75) is 43.5 Å². The summed E-state index contributed by atoms with van der Waals surface area (Å²) < 4.78 is 7.08. The average molecular weight is 518 g/mol. The number of benzene rings is 1. The van der Waals surface area contributed by atoms with Crippen molar-refractivity contribution in [3.05, 3.63) is 36.4 Å². The second kappa shape index (κ2) is 12.2. The van der Waals surface area contributed by atoms with Crippen LogP contribution in [0, 0.1) is 0 Å². The maximum atomic E-state index is 10.6. The van der Waals surface area contributed by atoms with Crippen molar-refractivity contribution in [3.63, 3.8) is 0 Å². The summed E-state index contributed by atoms with van der Waals surface area (Å²) in [4.78, 5) is 23.4. The quantitative estimate of drug-likeness (QED) is 0.0799. The first-order valence-corrected chi connectivity index (χ1v) is 11.9. The monoisotopic (exact) mass is 517 g/mol. The molecule has 0 aliphatic carbocycles. The van der Waals surface area contributed by atoms with Gasteiger partial charge in [-0.1, -0.05) is 6.07 Å². The summed E-state index contributed by atoms with van der Waals surface area (Å²) in [5.41, 5.74) is 1.71. The minimum absolute atomic E-state index is 0.0742. The number of hydrogen-bond acceptors (Lipinski definition) is 12. The number of ether oxygens (including phenoxy) is 1. The fourth-order valence-corrected chi connectivity index (χ4v) is 4.16. The lowest BCUT2D eigenvalue weighted by atomic mass is 10.1. The Hall–Kier alpha value is -3.40. The molecule has 1 aliphatic rings. The summed E-state index contributed by atoms with van der Waals surface area (Å²) in [5, 5.41) is 58.5. The molecule has 0 spiro atoms. The highest BCUT2D eigenvalue weighted by Gasteiger charge is 2.44. The Bertz CT molecular complexity index is 1190. The first-order chi connectivity index (χ1) is 17.9. The van der Waals surface area contributed by atoms with E-state index in [1.165, 1.54) is 29.4 Å². The summed E-state index contributed by atoms with van der Waals surface area (Å²) in [7, 11) is 0. The van der Waals surface area contributed by atoms with Crippen LogP contribution in [0.5, 0.6) is 5.75 Å². The van der Waals surface area contributed by atoms with Gasteiger partial charge in [-0.25, -0.2) is 15.0 Å². The van der Waals surface area contributed by atoms with Crippen LogP contribution < -0.4 is 16.0 Å². The molecule has 3 aromatic rings. The molecule has 1 saturated heterocycles. The molecule has 1 aromatic carbocycles. The summed E-state index contributed by atoms with van der Waals surface area (Å²) in [6.07, 6.45) is -0.196. The van der Waals surface area contributed by atoms with Crippen molar-refractivity contribution in [2.24, 2.45) is 0 Å². The van der Waals surface area contributed by atoms with Crippen LogP contribution in [0.2, 0.25) is 0 Å². The normalized spacial score (nSPS) is 22.3. The Morgan fingerprint density at radius 1 is 1.14 bits per heavy atom. The molecule has 0 radical (unpaired) electrons. The second-order valence-corrected chi connectivity index (χ2v) is 8.67. The number of anilines is 2. The molecule has 4 rings (SSSR count). The maximum absolute atomic E-state index is 10.6. The van der Waals surface area contributed by atoms with Gasteiger partial charge in [-0.05, 0) is 37.1 Å². The number of aromatic nitrogens is 4. The number of hydrogen-bond donors (Lipinski definition) is 8. The van der Waals surface area contributed by atoms with Gasteiger partial charge in [0.05, 0.1) is 24.7 Å². The molecule has 14 nitrogen and oxygen atoms in total. The van der Waals surface area contributed by atoms with Crippen LogP contribution >= 0.6 is 0 Å². The van der Waals surface area contributed by atoms with Crippen LogP contribution in [0.25, 0.3) is 11.2 Å². The van der Waals surface area contributed by atoms with Crippen molar-refractivity contribution in [3.8, 4) is 5.75 Å². The second-order valence-electron chi connectivity index (χ2n) is 8.67. The smallest absolute Gasteiger partial charge is 0.211 e. The van der Waals surface area contributed by atoms with Crippen molar-refractivity contribution >= 4 is 29.1 Å². The van der Waals surface area contributed by atoms with Crippen LogP contribution in [0.15, 0.2) is 30.9 Å². The van der Waals surface area contributed by atoms with Crippen molar-refractivity contribution in [1.82, 2.24) is 24.8 Å². The number of aliphatic hydroxyl groups is 4. The predicted molar refractivity (Wildman–Crippen MR) is 132 cm³/mol. The number of aliphatic hydroxyl groups excluding tert-OH is 4. The minimum atomic E-state index is -1.24. The van der Waals surface area contributed by atoms with Gasteiger partial charge in [0, 0.05) is 13.1 Å². The minimum Gasteiger partial charge on any atom is -0.506 e. The number of carbonyl (C=O) groups excluding carboxylic acids is 1. The highest BCUT2D eigenvalue weighted by atomic mass is 16.6. The van der Waals surface area contributed by atoms with Crippen LogP contribution in [0.3, 0.4) is 0 Å². The van der Waals surface area contributed by atoms with Crippen molar-refractivity contribution < 1.29 is 35.1 Å². The van der Waals surface area contributed by atoms with E-state index in [4.69, 9.17) is 4.74 Å². The van der Waals surface area contributed by atoms with Crippen molar-refractivity contribution in [1.29, 1.82) is 0 Å². The van der Waals surface area contributed by atoms with Gasteiger partial charge in [0.25, 0.3) is 0 Å². The number of nitrogens with one attached hydrogen (secondary N) is 3. The van der Waals surface area contributed by atoms with E-state index in [2.05, 4.69) is 30.9 Å². The Balaban J connectivity index is 1.23. The van der Waals surface area contributed by atoms with Gasteiger partial charge in [0.2, 0.25) is 6.41 Å². The molecule has 200 valence electrons. The molecule has 5 atom stereocenters. The molecule has 14 heteroatoms. The van der Waals surface area contributed by atoms with Crippen LogP contribution in [-0.4, -0.2) is 96.0 Å². The fourth-order valence-electron chi connectivity index (χ4n) is 4.16. The van der Waals surface area contributed by atoms with Crippen LogP contribution in [-0.2, 0) is 9.53 Å². The molecule has 0 bridgehead atoms. The van der Waals surface area contributed by atoms with Gasteiger partial charge < -0.3 is 46.2 Å². The van der Waals surface area contributed by atoms with Gasteiger partial charge >= 0.3 is 0 Å². The Kier molecular flexibility index (Phi) is 8.81. The molecule has 0 saturated carbocycles. The largest absolute Gasteiger partial charge is 0.506 e. The van der Waals surface area contributed by atoms with Gasteiger partial charge in [-0.15, -0.1) is 0 Å². The average Bonchev–Trinajstić information content (AvgIpc) is 3.45. The Morgan fingerprint density at radius 2 is 1.95 bits per heavy atom. The third-order valence-corrected chi connectivity index (χ3v) is 6.18. The highest BCUT2D eigenvalue weighted by Crippen LogP contribution is 2.32. The van der Waals surface area contributed by atoms with E-state index in [-0.39, 0.29) is 11.4 Å². The van der Waals surface area contributed by atoms with E-state index in [9.17, 15) is 30.3 Å². The number of rotatable bonds is 13. The SMILES string of the molecule is O=CNc1cc(C(O)CNCCCCNc2ncnc3c2ncn3[C@@H]2O[C@H](CO)[C@@H](O)[C@H]2O)ccc1O. The number of phenolic OH excluding ortho intramolecular Hbond substituents is 1. The van der Waals surface area contributed by atoms with Crippen LogP contribution in [0.1, 0.15) is 30.7 Å². The number of imidazole rings is 1. The lowest BCUT2D eigenvalue weighted by Crippen LogP contribution is -2.33. The number of nitrogens with zero attached hydrogens (tertiary/aromatic N) is 4. The lowest BCUT2D eigenvalue weighted by Gasteiger charge is -2.16. The standard InChI is InChI=1S/C23H31N7O7/c31-9-17-19(35)20(36)23(37-17)30-11-28-18-21(26-10-27-22(18)30)25-6-2-1-5-24-8-16(34)13-3-4-15(33)14(7-13)29-12-32/h3-4,7,10-12,16-17,19-20,23-24,31,33-36H,1-2,5-6,8-9H2,(H,29,32)(H,25,26,27)/t16?,17-,19-,20-,23-/m1/s1. The third kappa shape index (κ3) is 5.95. The number of fused-ring (bicyclic) bond motifs is 1. The number of carbonyl (C=O) groups is 1. The third-order valence-electron chi connectivity index (χ3n) is 6.18. The molecule has 1 unspecified atom stereocenters. The summed E-state index contributed by atoms with van der Waals surface area (Å²) in [5.74, 6) is 0.445. The molecule has 1 amide bonds. The van der Waals surface area contributed by atoms with E-state index >= 15 is 0 Å². The fraction of sp³-hybridized carbons (Fsp3) is 0.478. The molecule has 1 fully saturated rings. The summed E-state index contributed by atoms with van der Waals surface area (Å²) in [6.45, 7) is 1.16. The van der Waals surface area contributed by atoms with Gasteiger partial charge in [0.1, 0.15) is 30.4 Å². The van der Waals surface area contributed by atoms with E-state index in [0.29, 0.717) is 48.6 Å².